The van der Waals surface area contributed by atoms with Crippen molar-refractivity contribution >= 4 is 29.5 Å². The molecular weight excluding hydrogens is 300 g/mol. The quantitative estimate of drug-likeness (QED) is 0.438. The van der Waals surface area contributed by atoms with Crippen LogP contribution in [-0.2, 0) is 19.2 Å². The number of Topliss-reactive ketones (excluding diaryl/α,β-unsaturated/α-hetero) is 2. The standard InChI is InChI=1S/C13H10O9/c1-5(14)12(19)21-8-3-7(16)4-9(10(8)11(17)18)22-13(20)6(2)15/h3-4,16H,1-2H3,(H,17,18). The van der Waals surface area contributed by atoms with Gasteiger partial charge in [-0.15, -0.1) is 0 Å². The zero-order chi connectivity index (χ0) is 17.0. The van der Waals surface area contributed by atoms with Crippen molar-refractivity contribution in [1.82, 2.24) is 0 Å². The number of carbonyl (C=O) groups excluding carboxylic acids is 4. The van der Waals surface area contributed by atoms with Crippen molar-refractivity contribution < 1.29 is 43.7 Å². The van der Waals surface area contributed by atoms with Crippen LogP contribution in [0.2, 0.25) is 0 Å². The predicted octanol–water partition coefficient (Wildman–Crippen LogP) is 0.0792. The lowest BCUT2D eigenvalue weighted by Gasteiger charge is -2.11. The monoisotopic (exact) mass is 310 g/mol. The number of ether oxygens (including phenoxy) is 2. The number of carboxylic acid groups (broad SMARTS) is 1. The van der Waals surface area contributed by atoms with Crippen molar-refractivity contribution in [2.45, 2.75) is 13.8 Å². The van der Waals surface area contributed by atoms with E-state index in [0.717, 1.165) is 26.0 Å². The lowest BCUT2D eigenvalue weighted by molar-refractivity contribution is -0.146. The smallest absolute Gasteiger partial charge is 0.379 e. The SMILES string of the molecule is CC(=O)C(=O)Oc1cc(O)cc(OC(=O)C(C)=O)c1C(=O)O. The minimum atomic E-state index is -1.67. The lowest BCUT2D eigenvalue weighted by Crippen LogP contribution is -2.21. The van der Waals surface area contributed by atoms with E-state index in [9.17, 15) is 29.1 Å². The summed E-state index contributed by atoms with van der Waals surface area (Å²) in [5, 5.41) is 18.6. The minimum Gasteiger partial charge on any atom is -0.508 e. The van der Waals surface area contributed by atoms with E-state index in [1.165, 1.54) is 0 Å². The molecule has 0 radical (unpaired) electrons. The molecule has 9 heteroatoms. The summed E-state index contributed by atoms with van der Waals surface area (Å²) in [7, 11) is 0. The molecule has 0 aliphatic rings. The molecule has 0 amide bonds. The van der Waals surface area contributed by atoms with Gasteiger partial charge in [-0.1, -0.05) is 0 Å². The van der Waals surface area contributed by atoms with Crippen molar-refractivity contribution in [2.24, 2.45) is 0 Å². The first kappa shape index (κ1) is 16.8. The Bertz CT molecular complexity index is 638. The van der Waals surface area contributed by atoms with Gasteiger partial charge in [0, 0.05) is 26.0 Å². The second kappa shape index (κ2) is 6.48. The fourth-order valence-electron chi connectivity index (χ4n) is 1.29. The van der Waals surface area contributed by atoms with E-state index in [-0.39, 0.29) is 0 Å². The number of rotatable bonds is 5. The van der Waals surface area contributed by atoms with Crippen molar-refractivity contribution in [2.75, 3.05) is 0 Å². The van der Waals surface area contributed by atoms with Crippen LogP contribution in [0.5, 0.6) is 17.2 Å². The van der Waals surface area contributed by atoms with E-state index in [1.54, 1.807) is 0 Å². The third-order valence-electron chi connectivity index (χ3n) is 2.24. The van der Waals surface area contributed by atoms with Crippen LogP contribution in [0, 0.1) is 0 Å². The van der Waals surface area contributed by atoms with Crippen molar-refractivity contribution in [3.8, 4) is 17.2 Å². The van der Waals surface area contributed by atoms with E-state index in [1.807, 2.05) is 0 Å². The third-order valence-corrected chi connectivity index (χ3v) is 2.24. The summed E-state index contributed by atoms with van der Waals surface area (Å²) in [5.41, 5.74) is -0.804. The Morgan fingerprint density at radius 2 is 1.23 bits per heavy atom. The summed E-state index contributed by atoms with van der Waals surface area (Å²) >= 11 is 0. The van der Waals surface area contributed by atoms with Crippen LogP contribution in [0.1, 0.15) is 24.2 Å². The zero-order valence-electron chi connectivity index (χ0n) is 11.4. The van der Waals surface area contributed by atoms with Crippen LogP contribution in [0.15, 0.2) is 12.1 Å². The summed E-state index contributed by atoms with van der Waals surface area (Å²) in [6, 6.07) is 1.49. The molecule has 116 valence electrons. The maximum atomic E-state index is 11.2. The number of aromatic carboxylic acids is 1. The molecule has 1 aromatic carbocycles. The summed E-state index contributed by atoms with van der Waals surface area (Å²) in [6.45, 7) is 1.78. The molecular formula is C13H10O9. The van der Waals surface area contributed by atoms with Gasteiger partial charge in [0.05, 0.1) is 0 Å². The Balaban J connectivity index is 3.38. The van der Waals surface area contributed by atoms with Crippen LogP contribution >= 0.6 is 0 Å². The van der Waals surface area contributed by atoms with Gasteiger partial charge in [-0.2, -0.15) is 0 Å². The normalized spacial score (nSPS) is 9.73. The van der Waals surface area contributed by atoms with E-state index in [4.69, 9.17) is 5.11 Å². The Labute approximate surface area is 123 Å². The Morgan fingerprint density at radius 3 is 1.50 bits per heavy atom. The maximum Gasteiger partial charge on any atom is 0.379 e. The molecule has 0 aliphatic carbocycles. The number of carbonyl (C=O) groups is 5. The molecule has 0 unspecified atom stereocenters. The molecule has 0 atom stereocenters. The van der Waals surface area contributed by atoms with E-state index >= 15 is 0 Å². The van der Waals surface area contributed by atoms with Crippen LogP contribution < -0.4 is 9.47 Å². The van der Waals surface area contributed by atoms with Crippen molar-refractivity contribution in [3.05, 3.63) is 17.7 Å². The average molecular weight is 310 g/mol. The van der Waals surface area contributed by atoms with Crippen LogP contribution in [-0.4, -0.2) is 39.7 Å². The third kappa shape index (κ3) is 3.88. The first-order valence-corrected chi connectivity index (χ1v) is 5.69. The Hall–Kier alpha value is -3.23. The highest BCUT2D eigenvalue weighted by atomic mass is 16.6. The van der Waals surface area contributed by atoms with Crippen LogP contribution in [0.25, 0.3) is 0 Å². The highest BCUT2D eigenvalue weighted by Gasteiger charge is 2.25. The van der Waals surface area contributed by atoms with Crippen LogP contribution in [0.4, 0.5) is 0 Å². The molecule has 1 rings (SSSR count). The number of hydrogen-bond donors (Lipinski definition) is 2. The molecule has 0 spiro atoms. The van der Waals surface area contributed by atoms with Gasteiger partial charge in [-0.05, 0) is 0 Å². The second-order valence-corrected chi connectivity index (χ2v) is 4.01. The molecule has 22 heavy (non-hydrogen) atoms. The van der Waals surface area contributed by atoms with Gasteiger partial charge in [0.2, 0.25) is 11.6 Å². The largest absolute Gasteiger partial charge is 0.508 e. The molecule has 0 saturated carbocycles. The summed E-state index contributed by atoms with van der Waals surface area (Å²) in [4.78, 5) is 55.4. The van der Waals surface area contributed by atoms with Gasteiger partial charge >= 0.3 is 17.9 Å². The summed E-state index contributed by atoms with van der Waals surface area (Å²) < 4.78 is 9.05. The molecule has 2 N–H and O–H groups in total. The summed E-state index contributed by atoms with van der Waals surface area (Å²) in [5.74, 6) is -8.48. The zero-order valence-corrected chi connectivity index (χ0v) is 11.4. The fourth-order valence-corrected chi connectivity index (χ4v) is 1.29. The topological polar surface area (TPSA) is 144 Å². The second-order valence-electron chi connectivity index (χ2n) is 4.01. The van der Waals surface area contributed by atoms with Crippen molar-refractivity contribution in [1.29, 1.82) is 0 Å². The Kier molecular flexibility index (Phi) is 4.96. The van der Waals surface area contributed by atoms with Gasteiger partial charge < -0.3 is 19.7 Å². The summed E-state index contributed by atoms with van der Waals surface area (Å²) in [6.07, 6.45) is 0. The Morgan fingerprint density at radius 1 is 0.864 bits per heavy atom. The van der Waals surface area contributed by atoms with E-state index in [0.29, 0.717) is 0 Å². The maximum absolute atomic E-state index is 11.2. The number of ketones is 2. The van der Waals surface area contributed by atoms with Gasteiger partial charge in [-0.3, -0.25) is 9.59 Å². The number of carboxylic acids is 1. The molecule has 0 bridgehead atoms. The first-order valence-electron chi connectivity index (χ1n) is 5.69. The number of phenolic OH excluding ortho intramolecular Hbond substituents is 1. The van der Waals surface area contributed by atoms with Crippen LogP contribution in [0.3, 0.4) is 0 Å². The van der Waals surface area contributed by atoms with Gasteiger partial charge in [0.15, 0.2) is 11.5 Å². The van der Waals surface area contributed by atoms with Gasteiger partial charge in [0.25, 0.3) is 0 Å². The molecule has 1 aromatic rings. The van der Waals surface area contributed by atoms with Crippen molar-refractivity contribution in [3.63, 3.8) is 0 Å². The molecule has 0 saturated heterocycles. The minimum absolute atomic E-state index is 0.609. The molecule has 0 aromatic heterocycles. The molecule has 0 heterocycles. The number of hydrogen-bond acceptors (Lipinski definition) is 8. The number of phenols is 1. The van der Waals surface area contributed by atoms with Gasteiger partial charge in [0.1, 0.15) is 11.3 Å². The van der Waals surface area contributed by atoms with Gasteiger partial charge in [-0.25, -0.2) is 14.4 Å². The highest BCUT2D eigenvalue weighted by Crippen LogP contribution is 2.34. The molecule has 0 aliphatic heterocycles. The fraction of sp³-hybridized carbons (Fsp3) is 0.154. The molecule has 9 nitrogen and oxygen atoms in total. The lowest BCUT2D eigenvalue weighted by atomic mass is 10.1. The average Bonchev–Trinajstić information content (AvgIpc) is 2.36. The van der Waals surface area contributed by atoms with E-state index in [2.05, 4.69) is 9.47 Å². The number of esters is 2. The number of benzene rings is 1. The molecule has 0 fully saturated rings. The predicted molar refractivity (Wildman–Crippen MR) is 67.7 cm³/mol. The number of aromatic hydroxyl groups is 1. The van der Waals surface area contributed by atoms with E-state index < -0.39 is 52.3 Å². The first-order chi connectivity index (χ1) is 10.1. The highest BCUT2D eigenvalue weighted by molar-refractivity contribution is 6.33.